The van der Waals surface area contributed by atoms with Gasteiger partial charge in [0, 0.05) is 13.6 Å². The number of nitrogens with zero attached hydrogens (tertiary/aromatic N) is 3. The number of aryl methyl sites for hydroxylation is 1. The molecule has 0 saturated heterocycles. The molecule has 0 bridgehead atoms. The van der Waals surface area contributed by atoms with Crippen molar-refractivity contribution in [2.45, 2.75) is 24.9 Å². The maximum Gasteiger partial charge on any atom is 0.243 e. The summed E-state index contributed by atoms with van der Waals surface area (Å²) in [5.41, 5.74) is 0.837. The number of hydrogen-bond acceptors (Lipinski definition) is 3. The summed E-state index contributed by atoms with van der Waals surface area (Å²) in [6.07, 6.45) is 1.69. The smallest absolute Gasteiger partial charge is 0.243 e. The van der Waals surface area contributed by atoms with Crippen molar-refractivity contribution in [3.05, 3.63) is 58.8 Å². The summed E-state index contributed by atoms with van der Waals surface area (Å²) < 4.78 is 29.7. The van der Waals surface area contributed by atoms with Crippen LogP contribution in [0.25, 0.3) is 10.8 Å². The number of benzene rings is 2. The molecule has 1 heterocycles. The highest BCUT2D eigenvalue weighted by Crippen LogP contribution is 2.24. The Morgan fingerprint density at radius 1 is 1.17 bits per heavy atom. The molecule has 126 valence electrons. The van der Waals surface area contributed by atoms with E-state index in [1.807, 2.05) is 37.3 Å². The Kier molecular flexibility index (Phi) is 4.76. The van der Waals surface area contributed by atoms with Crippen LogP contribution < -0.4 is 0 Å². The summed E-state index contributed by atoms with van der Waals surface area (Å²) in [4.78, 5) is 0.294. The third kappa shape index (κ3) is 3.11. The molecule has 2 aromatic carbocycles. The highest BCUT2D eigenvalue weighted by Gasteiger charge is 2.23. The van der Waals surface area contributed by atoms with Gasteiger partial charge in [-0.2, -0.15) is 9.40 Å². The number of sulfonamides is 1. The fourth-order valence-electron chi connectivity index (χ4n) is 2.62. The topological polar surface area (TPSA) is 55.2 Å². The third-order valence-corrected chi connectivity index (χ3v) is 6.46. The largest absolute Gasteiger partial charge is 0.267 e. The lowest BCUT2D eigenvalue weighted by Crippen LogP contribution is -2.27. The Morgan fingerprint density at radius 3 is 2.58 bits per heavy atom. The van der Waals surface area contributed by atoms with E-state index in [1.165, 1.54) is 4.31 Å². The predicted molar refractivity (Wildman–Crippen MR) is 98.2 cm³/mol. The van der Waals surface area contributed by atoms with E-state index in [2.05, 4.69) is 21.0 Å². The fraction of sp³-hybridized carbons (Fsp3) is 0.235. The summed E-state index contributed by atoms with van der Waals surface area (Å²) in [6, 6.07) is 12.9. The van der Waals surface area contributed by atoms with Gasteiger partial charge in [-0.3, -0.25) is 4.68 Å². The molecule has 3 rings (SSSR count). The van der Waals surface area contributed by atoms with Crippen LogP contribution >= 0.6 is 15.9 Å². The number of aromatic nitrogens is 2. The monoisotopic (exact) mass is 407 g/mol. The molecule has 0 spiro atoms. The van der Waals surface area contributed by atoms with Crippen molar-refractivity contribution >= 4 is 36.7 Å². The lowest BCUT2D eigenvalue weighted by molar-refractivity contribution is 0.446. The third-order valence-electron chi connectivity index (χ3n) is 4.00. The van der Waals surface area contributed by atoms with Crippen molar-refractivity contribution in [1.82, 2.24) is 14.1 Å². The molecular formula is C17H18BrN3O2S. The van der Waals surface area contributed by atoms with Gasteiger partial charge >= 0.3 is 0 Å². The number of halogens is 1. The molecule has 0 aliphatic heterocycles. The summed E-state index contributed by atoms with van der Waals surface area (Å²) in [5, 5.41) is 6.16. The lowest BCUT2D eigenvalue weighted by Gasteiger charge is -2.18. The van der Waals surface area contributed by atoms with Crippen LogP contribution in [0.1, 0.15) is 12.6 Å². The van der Waals surface area contributed by atoms with Crippen LogP contribution in [0.2, 0.25) is 0 Å². The Hall–Kier alpha value is -1.70. The minimum Gasteiger partial charge on any atom is -0.267 e. The van der Waals surface area contributed by atoms with E-state index in [0.717, 1.165) is 20.9 Å². The molecule has 3 aromatic rings. The molecule has 1 aromatic heterocycles. The van der Waals surface area contributed by atoms with Crippen LogP contribution in [0.5, 0.6) is 0 Å². The average molecular weight is 408 g/mol. The fourth-order valence-corrected chi connectivity index (χ4v) is 4.21. The molecule has 0 N–H and O–H groups in total. The zero-order chi connectivity index (χ0) is 17.3. The summed E-state index contributed by atoms with van der Waals surface area (Å²) in [5.74, 6) is 0. The zero-order valence-electron chi connectivity index (χ0n) is 13.5. The first-order valence-corrected chi connectivity index (χ1v) is 9.82. The Morgan fingerprint density at radius 2 is 1.88 bits per heavy atom. The van der Waals surface area contributed by atoms with E-state index in [1.54, 1.807) is 30.1 Å². The van der Waals surface area contributed by atoms with Gasteiger partial charge < -0.3 is 0 Å². The molecule has 0 unspecified atom stereocenters. The maximum absolute atomic E-state index is 12.9. The van der Waals surface area contributed by atoms with Crippen LogP contribution in [-0.2, 0) is 23.1 Å². The molecule has 7 heteroatoms. The quantitative estimate of drug-likeness (QED) is 0.648. The van der Waals surface area contributed by atoms with Crippen LogP contribution in [-0.4, -0.2) is 29.6 Å². The lowest BCUT2D eigenvalue weighted by atomic mass is 10.1. The summed E-state index contributed by atoms with van der Waals surface area (Å²) >= 11 is 3.44. The molecule has 0 amide bonds. The summed E-state index contributed by atoms with van der Waals surface area (Å²) in [6.45, 7) is 2.91. The van der Waals surface area contributed by atoms with Crippen molar-refractivity contribution in [2.75, 3.05) is 7.05 Å². The van der Waals surface area contributed by atoms with Gasteiger partial charge in [0.2, 0.25) is 10.0 Å². The number of hydrogen-bond donors (Lipinski definition) is 0. The number of rotatable bonds is 5. The molecular weight excluding hydrogens is 390 g/mol. The highest BCUT2D eigenvalue weighted by molar-refractivity contribution is 9.10. The van der Waals surface area contributed by atoms with Gasteiger partial charge in [0.05, 0.1) is 27.8 Å². The van der Waals surface area contributed by atoms with Crippen molar-refractivity contribution in [1.29, 1.82) is 0 Å². The molecule has 0 saturated carbocycles. The Balaban J connectivity index is 1.94. The SMILES string of the molecule is CCn1ncc(Br)c1CN(C)S(=O)(=O)c1ccc2ccccc2c1. The first kappa shape index (κ1) is 17.1. The van der Waals surface area contributed by atoms with Gasteiger partial charge in [0.15, 0.2) is 0 Å². The van der Waals surface area contributed by atoms with Crippen LogP contribution in [0.15, 0.2) is 58.0 Å². The van der Waals surface area contributed by atoms with Gasteiger partial charge in [-0.05, 0) is 45.8 Å². The maximum atomic E-state index is 12.9. The second kappa shape index (κ2) is 6.66. The summed E-state index contributed by atoms with van der Waals surface area (Å²) in [7, 11) is -1.99. The van der Waals surface area contributed by atoms with Crippen molar-refractivity contribution in [2.24, 2.45) is 0 Å². The van der Waals surface area contributed by atoms with E-state index in [4.69, 9.17) is 0 Å². The van der Waals surface area contributed by atoms with Crippen LogP contribution in [0.4, 0.5) is 0 Å². The first-order valence-electron chi connectivity index (χ1n) is 7.59. The zero-order valence-corrected chi connectivity index (χ0v) is 15.9. The normalized spacial score (nSPS) is 12.2. The minimum absolute atomic E-state index is 0.254. The molecule has 0 radical (unpaired) electrons. The predicted octanol–water partition coefficient (Wildman–Crippen LogP) is 3.64. The standard InChI is InChI=1S/C17H18BrN3O2S/c1-3-21-17(16(18)11-19-21)12-20(2)24(22,23)15-9-8-13-6-4-5-7-14(13)10-15/h4-11H,3,12H2,1-2H3. The molecule has 24 heavy (non-hydrogen) atoms. The highest BCUT2D eigenvalue weighted by atomic mass is 79.9. The van der Waals surface area contributed by atoms with E-state index < -0.39 is 10.0 Å². The van der Waals surface area contributed by atoms with Crippen molar-refractivity contribution in [3.8, 4) is 0 Å². The Bertz CT molecular complexity index is 982. The van der Waals surface area contributed by atoms with Gasteiger partial charge in [-0.25, -0.2) is 8.42 Å². The van der Waals surface area contributed by atoms with E-state index in [0.29, 0.717) is 11.4 Å². The van der Waals surface area contributed by atoms with E-state index in [-0.39, 0.29) is 6.54 Å². The second-order valence-electron chi connectivity index (χ2n) is 5.53. The molecule has 0 atom stereocenters. The minimum atomic E-state index is -3.58. The first-order chi connectivity index (χ1) is 11.4. The van der Waals surface area contributed by atoms with Gasteiger partial charge in [0.25, 0.3) is 0 Å². The van der Waals surface area contributed by atoms with Crippen molar-refractivity contribution < 1.29 is 8.42 Å². The number of fused-ring (bicyclic) bond motifs is 1. The van der Waals surface area contributed by atoms with Crippen molar-refractivity contribution in [3.63, 3.8) is 0 Å². The van der Waals surface area contributed by atoms with Crippen LogP contribution in [0.3, 0.4) is 0 Å². The van der Waals surface area contributed by atoms with Gasteiger partial charge in [0.1, 0.15) is 0 Å². The molecule has 0 fully saturated rings. The molecule has 0 aliphatic carbocycles. The van der Waals surface area contributed by atoms with Gasteiger partial charge in [-0.1, -0.05) is 30.3 Å². The van der Waals surface area contributed by atoms with Crippen LogP contribution in [0, 0.1) is 0 Å². The van der Waals surface area contributed by atoms with Gasteiger partial charge in [-0.15, -0.1) is 0 Å². The molecule has 5 nitrogen and oxygen atoms in total. The van der Waals surface area contributed by atoms with E-state index >= 15 is 0 Å². The second-order valence-corrected chi connectivity index (χ2v) is 8.42. The van der Waals surface area contributed by atoms with E-state index in [9.17, 15) is 8.42 Å². The molecule has 0 aliphatic rings. The Labute approximate surface area is 150 Å². The average Bonchev–Trinajstić information content (AvgIpc) is 2.94.